The van der Waals surface area contributed by atoms with Crippen LogP contribution in [-0.4, -0.2) is 34.3 Å². The number of fused-ring (bicyclic) bond motifs is 3. The first-order valence-corrected chi connectivity index (χ1v) is 12.6. The summed E-state index contributed by atoms with van der Waals surface area (Å²) >= 11 is 0. The number of H-pyrrole nitrogens is 1. The van der Waals surface area contributed by atoms with Crippen LogP contribution in [0.2, 0.25) is 0 Å². The lowest BCUT2D eigenvalue weighted by Gasteiger charge is -2.17. The Kier molecular flexibility index (Phi) is 5.06. The Morgan fingerprint density at radius 1 is 0.897 bits per heavy atom. The molecule has 0 unspecified atom stereocenters. The zero-order valence-corrected chi connectivity index (χ0v) is 21.4. The Balaban J connectivity index is 1.48. The first kappa shape index (κ1) is 22.9. The van der Waals surface area contributed by atoms with Gasteiger partial charge in [-0.3, -0.25) is 9.36 Å². The van der Waals surface area contributed by atoms with Gasteiger partial charge >= 0.3 is 0 Å². The molecular formula is C30H24N8O. The molecule has 0 saturated heterocycles. The number of nitrogens with one attached hydrogen (secondary N) is 1. The normalized spacial score (nSPS) is 11.6. The maximum absolute atomic E-state index is 14.0. The van der Waals surface area contributed by atoms with Crippen molar-refractivity contribution in [3.8, 4) is 16.9 Å². The lowest BCUT2D eigenvalue weighted by Crippen LogP contribution is -2.25. The number of hydrogen-bond donors (Lipinski definition) is 2. The molecule has 0 saturated carbocycles. The minimum Gasteiger partial charge on any atom is -0.383 e. The van der Waals surface area contributed by atoms with Crippen LogP contribution in [0.25, 0.3) is 49.8 Å². The number of aromatic nitrogens is 7. The van der Waals surface area contributed by atoms with Crippen molar-refractivity contribution in [2.24, 2.45) is 0 Å². The number of aryl methyl sites for hydroxylation is 2. The largest absolute Gasteiger partial charge is 0.383 e. The Morgan fingerprint density at radius 3 is 2.62 bits per heavy atom. The van der Waals surface area contributed by atoms with Gasteiger partial charge in [-0.25, -0.2) is 19.6 Å². The molecule has 7 rings (SSSR count). The lowest BCUT2D eigenvalue weighted by molar-refractivity contribution is 0.671. The number of nitrogens with two attached hydrogens (primary N) is 1. The van der Waals surface area contributed by atoms with E-state index in [1.165, 1.54) is 6.33 Å². The second-order valence-corrected chi connectivity index (χ2v) is 9.71. The van der Waals surface area contributed by atoms with E-state index in [1.807, 2.05) is 74.6 Å². The van der Waals surface area contributed by atoms with Crippen LogP contribution in [0.4, 0.5) is 5.82 Å². The molecule has 9 heteroatoms. The van der Waals surface area contributed by atoms with Crippen LogP contribution in [0, 0.1) is 13.8 Å². The van der Waals surface area contributed by atoms with Crippen molar-refractivity contribution >= 4 is 38.7 Å². The average molecular weight is 513 g/mol. The summed E-state index contributed by atoms with van der Waals surface area (Å²) in [6.07, 6.45) is 5.05. The summed E-state index contributed by atoms with van der Waals surface area (Å²) in [5.41, 5.74) is 12.7. The van der Waals surface area contributed by atoms with Gasteiger partial charge in [-0.05, 0) is 54.6 Å². The number of anilines is 1. The molecule has 0 spiro atoms. The van der Waals surface area contributed by atoms with Crippen molar-refractivity contribution in [2.75, 3.05) is 5.73 Å². The molecule has 0 aliphatic heterocycles. The first-order valence-electron chi connectivity index (χ1n) is 12.6. The molecule has 9 nitrogen and oxygen atoms in total. The SMILES string of the molecule is Cc1ccccc1-n1c(Cn2nc(-c3cnc4[nH]ccc4c3)c3c(N)ncnc32)cc2cccc(C)c2c1=O. The number of benzene rings is 2. The molecule has 0 atom stereocenters. The zero-order chi connectivity index (χ0) is 26.7. The minimum absolute atomic E-state index is 0.0668. The predicted octanol–water partition coefficient (Wildman–Crippen LogP) is 4.92. The van der Waals surface area contributed by atoms with Gasteiger partial charge in [0.1, 0.15) is 23.5 Å². The summed E-state index contributed by atoms with van der Waals surface area (Å²) in [5.74, 6) is 0.334. The molecule has 3 N–H and O–H groups in total. The van der Waals surface area contributed by atoms with E-state index in [0.717, 1.165) is 44.5 Å². The van der Waals surface area contributed by atoms with Crippen LogP contribution in [0.3, 0.4) is 0 Å². The molecular weight excluding hydrogens is 488 g/mol. The molecule has 5 aromatic heterocycles. The maximum Gasteiger partial charge on any atom is 0.263 e. The fraction of sp³-hybridized carbons (Fsp3) is 0.100. The number of hydrogen-bond acceptors (Lipinski definition) is 6. The standard InChI is InChI=1S/C30H24N8O/c1-17-6-3-4-9-23(17)38-22(13-19-8-5-7-18(2)24(19)30(38)39)15-37-29-25(27(31)34-16-35-29)26(36-37)21-12-20-10-11-32-28(20)33-14-21/h3-14,16H,15H2,1-2H3,(H,32,33)(H2,31,34,35). The van der Waals surface area contributed by atoms with Crippen LogP contribution in [0.1, 0.15) is 16.8 Å². The van der Waals surface area contributed by atoms with Gasteiger partial charge in [-0.1, -0.05) is 36.4 Å². The fourth-order valence-electron chi connectivity index (χ4n) is 5.35. The van der Waals surface area contributed by atoms with E-state index >= 15 is 0 Å². The smallest absolute Gasteiger partial charge is 0.263 e. The molecule has 0 aliphatic carbocycles. The van der Waals surface area contributed by atoms with E-state index in [0.29, 0.717) is 34.5 Å². The maximum atomic E-state index is 14.0. The highest BCUT2D eigenvalue weighted by Crippen LogP contribution is 2.32. The monoisotopic (exact) mass is 512 g/mol. The summed E-state index contributed by atoms with van der Waals surface area (Å²) in [7, 11) is 0. The van der Waals surface area contributed by atoms with E-state index < -0.39 is 0 Å². The van der Waals surface area contributed by atoms with E-state index in [2.05, 4.69) is 26.0 Å². The van der Waals surface area contributed by atoms with Crippen LogP contribution in [-0.2, 0) is 6.54 Å². The van der Waals surface area contributed by atoms with Crippen molar-refractivity contribution < 1.29 is 0 Å². The van der Waals surface area contributed by atoms with Crippen molar-refractivity contribution in [3.05, 3.63) is 107 Å². The van der Waals surface area contributed by atoms with Crippen LogP contribution in [0.15, 0.2) is 84.2 Å². The van der Waals surface area contributed by atoms with Gasteiger partial charge in [0.15, 0.2) is 5.65 Å². The van der Waals surface area contributed by atoms with Gasteiger partial charge in [0.2, 0.25) is 0 Å². The van der Waals surface area contributed by atoms with Crippen molar-refractivity contribution in [1.29, 1.82) is 0 Å². The topological polar surface area (TPSA) is 120 Å². The first-order chi connectivity index (χ1) is 19.0. The van der Waals surface area contributed by atoms with Crippen molar-refractivity contribution in [1.82, 2.24) is 34.3 Å². The summed E-state index contributed by atoms with van der Waals surface area (Å²) < 4.78 is 3.57. The van der Waals surface area contributed by atoms with E-state index in [9.17, 15) is 4.79 Å². The molecule has 0 radical (unpaired) electrons. The van der Waals surface area contributed by atoms with Crippen LogP contribution >= 0.6 is 0 Å². The van der Waals surface area contributed by atoms with Crippen LogP contribution in [0.5, 0.6) is 0 Å². The van der Waals surface area contributed by atoms with Gasteiger partial charge in [0.25, 0.3) is 5.56 Å². The molecule has 0 fully saturated rings. The van der Waals surface area contributed by atoms with E-state index in [1.54, 1.807) is 15.4 Å². The Hall–Kier alpha value is -5.31. The fourth-order valence-corrected chi connectivity index (χ4v) is 5.35. The number of nitrogen functional groups attached to an aromatic ring is 1. The third-order valence-corrected chi connectivity index (χ3v) is 7.23. The highest BCUT2D eigenvalue weighted by atomic mass is 16.1. The Morgan fingerprint density at radius 2 is 1.74 bits per heavy atom. The van der Waals surface area contributed by atoms with Gasteiger partial charge in [-0.15, -0.1) is 0 Å². The van der Waals surface area contributed by atoms with Crippen molar-refractivity contribution in [2.45, 2.75) is 20.4 Å². The molecule has 5 heterocycles. The van der Waals surface area contributed by atoms with Crippen LogP contribution < -0.4 is 11.3 Å². The van der Waals surface area contributed by atoms with Crippen molar-refractivity contribution in [3.63, 3.8) is 0 Å². The predicted molar refractivity (Wildman–Crippen MR) is 153 cm³/mol. The summed E-state index contributed by atoms with van der Waals surface area (Å²) in [5, 5.41) is 8.15. The van der Waals surface area contributed by atoms with Gasteiger partial charge in [0, 0.05) is 29.0 Å². The summed E-state index contributed by atoms with van der Waals surface area (Å²) in [6.45, 7) is 4.27. The summed E-state index contributed by atoms with van der Waals surface area (Å²) in [6, 6.07) is 19.8. The second kappa shape index (κ2) is 8.63. The molecule has 2 aromatic carbocycles. The molecule has 190 valence electrons. The van der Waals surface area contributed by atoms with E-state index in [-0.39, 0.29) is 5.56 Å². The number of pyridine rings is 2. The van der Waals surface area contributed by atoms with Gasteiger partial charge in [-0.2, -0.15) is 5.10 Å². The summed E-state index contributed by atoms with van der Waals surface area (Å²) in [4.78, 5) is 30.5. The number of rotatable bonds is 4. The quantitative estimate of drug-likeness (QED) is 0.345. The van der Waals surface area contributed by atoms with E-state index in [4.69, 9.17) is 10.8 Å². The average Bonchev–Trinajstić information content (AvgIpc) is 3.55. The molecule has 39 heavy (non-hydrogen) atoms. The minimum atomic E-state index is -0.0668. The third-order valence-electron chi connectivity index (χ3n) is 7.23. The molecule has 0 amide bonds. The third kappa shape index (κ3) is 3.58. The van der Waals surface area contributed by atoms with Gasteiger partial charge < -0.3 is 10.7 Å². The Labute approximate surface area is 222 Å². The highest BCUT2D eigenvalue weighted by molar-refractivity contribution is 5.99. The number of para-hydroxylation sites is 1. The highest BCUT2D eigenvalue weighted by Gasteiger charge is 2.21. The zero-order valence-electron chi connectivity index (χ0n) is 21.4. The molecule has 0 bridgehead atoms. The number of aromatic amines is 1. The van der Waals surface area contributed by atoms with Gasteiger partial charge in [0.05, 0.1) is 23.0 Å². The molecule has 7 aromatic rings. The Bertz CT molecular complexity index is 2120. The lowest BCUT2D eigenvalue weighted by atomic mass is 10.1. The number of nitrogens with zero attached hydrogens (tertiary/aromatic N) is 6. The molecule has 0 aliphatic rings. The second-order valence-electron chi connectivity index (χ2n) is 9.71.